The number of anilines is 2. The second-order valence-corrected chi connectivity index (χ2v) is 12.5. The van der Waals surface area contributed by atoms with Crippen LogP contribution in [-0.4, -0.2) is 38.1 Å². The Labute approximate surface area is 247 Å². The molecular weight excluding hydrogens is 562 g/mol. The maximum Gasteiger partial charge on any atom is 0.262 e. The minimum atomic E-state index is -2.63. The summed E-state index contributed by atoms with van der Waals surface area (Å²) in [5, 5.41) is 10.1. The second kappa shape index (κ2) is 11.0. The van der Waals surface area contributed by atoms with Gasteiger partial charge < -0.3 is 25.9 Å². The fourth-order valence-electron chi connectivity index (χ4n) is 4.94. The van der Waals surface area contributed by atoms with E-state index in [0.717, 1.165) is 5.01 Å². The number of aryl methyl sites for hydroxylation is 1. The Balaban J connectivity index is 1.62. The second-order valence-electron chi connectivity index (χ2n) is 12.0. The van der Waals surface area contributed by atoms with Crippen molar-refractivity contribution < 1.29 is 8.78 Å². The smallest absolute Gasteiger partial charge is 0.262 e. The normalized spacial score (nSPS) is 15.7. The molecule has 1 fully saturated rings. The topological polar surface area (TPSA) is 127 Å². The number of aromatic nitrogens is 3. The molecule has 222 valence electrons. The molecule has 0 saturated heterocycles. The number of benzene rings is 2. The molecule has 9 nitrogen and oxygen atoms in total. The zero-order chi connectivity index (χ0) is 30.4. The molecule has 42 heavy (non-hydrogen) atoms. The SMILES string of the molecule is Cn1ccc2c(C(Nc3cc(Cl)c4ncnc(NCC(C)(C)C)c4c3)C(N)=CN(N)C3(C(F)F)CC3)cccc2c1=O. The number of hydrogen-bond donors (Lipinski definition) is 4. The van der Waals surface area contributed by atoms with Crippen molar-refractivity contribution >= 4 is 44.8 Å². The summed E-state index contributed by atoms with van der Waals surface area (Å²) in [5.74, 6) is 6.76. The predicted octanol–water partition coefficient (Wildman–Crippen LogP) is 5.52. The largest absolute Gasteiger partial charge is 0.399 e. The maximum atomic E-state index is 13.8. The zero-order valence-corrected chi connectivity index (χ0v) is 24.7. The fourth-order valence-corrected chi connectivity index (χ4v) is 5.21. The number of pyridine rings is 1. The lowest BCUT2D eigenvalue weighted by atomic mass is 9.97. The van der Waals surface area contributed by atoms with Gasteiger partial charge >= 0.3 is 0 Å². The summed E-state index contributed by atoms with van der Waals surface area (Å²) >= 11 is 6.69. The van der Waals surface area contributed by atoms with Gasteiger partial charge in [-0.1, -0.05) is 44.5 Å². The zero-order valence-electron chi connectivity index (χ0n) is 24.0. The highest BCUT2D eigenvalue weighted by molar-refractivity contribution is 6.35. The Hall–Kier alpha value is -3.96. The van der Waals surface area contributed by atoms with E-state index in [1.807, 2.05) is 18.2 Å². The summed E-state index contributed by atoms with van der Waals surface area (Å²) in [6, 6.07) is 9.98. The molecule has 0 bridgehead atoms. The van der Waals surface area contributed by atoms with Crippen molar-refractivity contribution in [3.63, 3.8) is 0 Å². The fraction of sp³-hybridized carbons (Fsp3) is 0.367. The molecule has 0 amide bonds. The first-order chi connectivity index (χ1) is 19.8. The van der Waals surface area contributed by atoms with Crippen LogP contribution in [-0.2, 0) is 7.05 Å². The Bertz CT molecular complexity index is 1730. The summed E-state index contributed by atoms with van der Waals surface area (Å²) in [6.07, 6.45) is 2.37. The lowest BCUT2D eigenvalue weighted by molar-refractivity contribution is 0.0305. The van der Waals surface area contributed by atoms with Gasteiger partial charge in [0.15, 0.2) is 0 Å². The number of nitrogens with zero attached hydrogens (tertiary/aromatic N) is 4. The summed E-state index contributed by atoms with van der Waals surface area (Å²) in [7, 11) is 1.68. The molecule has 4 aromatic rings. The first kappa shape index (κ1) is 29.5. The lowest BCUT2D eigenvalue weighted by Gasteiger charge is -2.29. The first-order valence-corrected chi connectivity index (χ1v) is 14.0. The molecule has 1 aliphatic carbocycles. The standard InChI is InChI=1S/C30H35ClF2N8O/c1-29(2,3)15-36-26-21-12-17(13-22(31)24(21)37-16-38-26)39-25(23(34)14-41(35)30(9-10-30)28(32)33)19-6-5-7-20-18(19)8-11-40(4)27(20)42/h5-8,11-14,16,25,28,39H,9-10,15,34-35H2,1-4H3,(H,36,37,38). The molecule has 2 aromatic carbocycles. The van der Waals surface area contributed by atoms with E-state index in [2.05, 4.69) is 41.4 Å². The summed E-state index contributed by atoms with van der Waals surface area (Å²) in [5.41, 5.74) is 7.03. The van der Waals surface area contributed by atoms with Crippen LogP contribution in [0.25, 0.3) is 21.7 Å². The minimum absolute atomic E-state index is 0.00205. The molecule has 2 aromatic heterocycles. The number of nitrogens with one attached hydrogen (secondary N) is 2. The highest BCUT2D eigenvalue weighted by Crippen LogP contribution is 2.46. The van der Waals surface area contributed by atoms with E-state index in [4.69, 9.17) is 23.2 Å². The van der Waals surface area contributed by atoms with Crippen LogP contribution in [0.15, 0.2) is 65.6 Å². The van der Waals surface area contributed by atoms with Crippen LogP contribution in [0.2, 0.25) is 5.02 Å². The maximum absolute atomic E-state index is 13.8. The monoisotopic (exact) mass is 596 g/mol. The Morgan fingerprint density at radius 2 is 1.93 bits per heavy atom. The van der Waals surface area contributed by atoms with E-state index < -0.39 is 18.0 Å². The number of nitrogens with two attached hydrogens (primary N) is 2. The van der Waals surface area contributed by atoms with E-state index in [-0.39, 0.29) is 29.5 Å². The number of fused-ring (bicyclic) bond motifs is 2. The number of hydrogen-bond acceptors (Lipinski definition) is 8. The molecule has 0 radical (unpaired) electrons. The van der Waals surface area contributed by atoms with E-state index in [9.17, 15) is 13.6 Å². The number of alkyl halides is 2. The van der Waals surface area contributed by atoms with Gasteiger partial charge in [0.05, 0.1) is 22.3 Å². The van der Waals surface area contributed by atoms with E-state index in [1.165, 1.54) is 17.1 Å². The Morgan fingerprint density at radius 1 is 1.19 bits per heavy atom. The van der Waals surface area contributed by atoms with Gasteiger partial charge in [0.1, 0.15) is 17.7 Å². The molecule has 1 atom stereocenters. The summed E-state index contributed by atoms with van der Waals surface area (Å²) in [6.45, 7) is 7.00. The minimum Gasteiger partial charge on any atom is -0.399 e. The summed E-state index contributed by atoms with van der Waals surface area (Å²) in [4.78, 5) is 21.7. The average molecular weight is 597 g/mol. The van der Waals surface area contributed by atoms with Crippen molar-refractivity contribution in [2.75, 3.05) is 17.2 Å². The molecule has 5 rings (SSSR count). The van der Waals surface area contributed by atoms with Gasteiger partial charge in [-0.2, -0.15) is 0 Å². The number of hydrazine groups is 1. The molecule has 1 unspecified atom stereocenters. The summed E-state index contributed by atoms with van der Waals surface area (Å²) < 4.78 is 29.1. The molecule has 1 aliphatic rings. The molecule has 1 saturated carbocycles. The van der Waals surface area contributed by atoms with Crippen LogP contribution in [0.5, 0.6) is 0 Å². The van der Waals surface area contributed by atoms with Crippen molar-refractivity contribution in [2.45, 2.75) is 51.6 Å². The Kier molecular flexibility index (Phi) is 7.76. The van der Waals surface area contributed by atoms with Crippen molar-refractivity contribution in [2.24, 2.45) is 24.0 Å². The van der Waals surface area contributed by atoms with Gasteiger partial charge in [0, 0.05) is 42.4 Å². The van der Waals surface area contributed by atoms with Crippen molar-refractivity contribution in [1.82, 2.24) is 19.5 Å². The van der Waals surface area contributed by atoms with Crippen LogP contribution < -0.4 is 27.8 Å². The van der Waals surface area contributed by atoms with Crippen LogP contribution in [0.3, 0.4) is 0 Å². The van der Waals surface area contributed by atoms with Gasteiger partial charge in [-0.3, -0.25) is 4.79 Å². The van der Waals surface area contributed by atoms with E-state index in [1.54, 1.807) is 31.4 Å². The third kappa shape index (κ3) is 5.71. The number of halogens is 3. The number of rotatable bonds is 9. The molecule has 6 N–H and O–H groups in total. The highest BCUT2D eigenvalue weighted by atomic mass is 35.5. The van der Waals surface area contributed by atoms with Crippen molar-refractivity contribution in [3.8, 4) is 0 Å². The van der Waals surface area contributed by atoms with Crippen molar-refractivity contribution in [3.05, 3.63) is 81.8 Å². The highest BCUT2D eigenvalue weighted by Gasteiger charge is 2.54. The van der Waals surface area contributed by atoms with Gasteiger partial charge in [0.25, 0.3) is 12.0 Å². The average Bonchev–Trinajstić information content (AvgIpc) is 3.75. The first-order valence-electron chi connectivity index (χ1n) is 13.6. The molecule has 0 aliphatic heterocycles. The molecule has 2 heterocycles. The van der Waals surface area contributed by atoms with Crippen LogP contribution in [0.4, 0.5) is 20.3 Å². The van der Waals surface area contributed by atoms with E-state index >= 15 is 0 Å². The van der Waals surface area contributed by atoms with Crippen LogP contribution in [0, 0.1) is 5.41 Å². The quantitative estimate of drug-likeness (QED) is 0.147. The lowest BCUT2D eigenvalue weighted by Crippen LogP contribution is -2.44. The van der Waals surface area contributed by atoms with E-state index in [0.29, 0.717) is 50.3 Å². The van der Waals surface area contributed by atoms with Gasteiger partial charge in [-0.15, -0.1) is 0 Å². The Morgan fingerprint density at radius 3 is 2.60 bits per heavy atom. The third-order valence-electron chi connectivity index (χ3n) is 7.56. The van der Waals surface area contributed by atoms with Gasteiger partial charge in [0.2, 0.25) is 0 Å². The van der Waals surface area contributed by atoms with Gasteiger partial charge in [-0.25, -0.2) is 24.6 Å². The van der Waals surface area contributed by atoms with Crippen LogP contribution >= 0.6 is 11.6 Å². The predicted molar refractivity (Wildman–Crippen MR) is 164 cm³/mol. The third-order valence-corrected chi connectivity index (χ3v) is 7.85. The molecular formula is C30H35ClF2N8O. The van der Waals surface area contributed by atoms with Crippen molar-refractivity contribution in [1.29, 1.82) is 0 Å². The van der Waals surface area contributed by atoms with Gasteiger partial charge in [-0.05, 0) is 53.5 Å². The molecule has 12 heteroatoms. The van der Waals surface area contributed by atoms with Crippen LogP contribution in [0.1, 0.15) is 45.2 Å². The molecule has 0 spiro atoms.